The number of carboxylic acids is 2. The second kappa shape index (κ2) is 19.7. The molecule has 0 aromatic rings. The lowest BCUT2D eigenvalue weighted by atomic mass is 9.78. The van der Waals surface area contributed by atoms with Gasteiger partial charge in [-0.2, -0.15) is 8.42 Å². The maximum Gasteiger partial charge on any atom is 0.328 e. The van der Waals surface area contributed by atoms with Gasteiger partial charge < -0.3 is 20.0 Å². The molecule has 10 heteroatoms. The standard InChI is InChI=1S/C13H20O7S.2C6H15N/c1-2-8-20-21(18,19)13(12(16)17,9-11(14)15)10-6-4-3-5-7-10;2*1-4-7(5-2)6-3/h2,10H,1,3-9H2,(H,14,15)(H,16,17);2*4-6H2,1-3H3. The summed E-state index contributed by atoms with van der Waals surface area (Å²) in [5.74, 6) is -3.91. The first kappa shape index (κ1) is 35.7. The Morgan fingerprint density at radius 3 is 1.54 bits per heavy atom. The fourth-order valence-corrected chi connectivity index (χ4v) is 5.82. The summed E-state index contributed by atoms with van der Waals surface area (Å²) in [6, 6.07) is 0. The largest absolute Gasteiger partial charge is 0.481 e. The molecular weight excluding hydrogens is 472 g/mol. The minimum Gasteiger partial charge on any atom is -0.481 e. The Morgan fingerprint density at radius 1 is 0.886 bits per heavy atom. The second-order valence-electron chi connectivity index (χ2n) is 8.37. The molecule has 35 heavy (non-hydrogen) atoms. The van der Waals surface area contributed by atoms with Gasteiger partial charge in [0.2, 0.25) is 4.75 Å². The van der Waals surface area contributed by atoms with Gasteiger partial charge in [-0.05, 0) is 58.0 Å². The lowest BCUT2D eigenvalue weighted by molar-refractivity contribution is -0.149. The average molecular weight is 523 g/mol. The third-order valence-corrected chi connectivity index (χ3v) is 8.50. The van der Waals surface area contributed by atoms with Gasteiger partial charge in [-0.25, -0.2) is 0 Å². The summed E-state index contributed by atoms with van der Waals surface area (Å²) in [5.41, 5.74) is 0. The van der Waals surface area contributed by atoms with E-state index in [9.17, 15) is 23.1 Å². The van der Waals surface area contributed by atoms with Crippen LogP contribution in [0.4, 0.5) is 0 Å². The number of carboxylic acid groups (broad SMARTS) is 2. The first-order chi connectivity index (χ1) is 16.5. The van der Waals surface area contributed by atoms with Crippen LogP contribution in [-0.4, -0.2) is 91.0 Å². The molecule has 0 spiro atoms. The quantitative estimate of drug-likeness (QED) is 0.256. The van der Waals surface area contributed by atoms with Gasteiger partial charge in [-0.15, -0.1) is 6.58 Å². The topological polar surface area (TPSA) is 124 Å². The van der Waals surface area contributed by atoms with Crippen molar-refractivity contribution in [3.05, 3.63) is 12.7 Å². The van der Waals surface area contributed by atoms with Gasteiger partial charge in [0.25, 0.3) is 10.1 Å². The summed E-state index contributed by atoms with van der Waals surface area (Å²) in [5, 5.41) is 18.5. The molecule has 9 nitrogen and oxygen atoms in total. The monoisotopic (exact) mass is 522 g/mol. The van der Waals surface area contributed by atoms with Crippen molar-refractivity contribution in [1.29, 1.82) is 0 Å². The Kier molecular flexibility index (Phi) is 20.0. The van der Waals surface area contributed by atoms with E-state index >= 15 is 0 Å². The highest BCUT2D eigenvalue weighted by Gasteiger charge is 2.59. The fraction of sp³-hybridized carbons (Fsp3) is 0.840. The summed E-state index contributed by atoms with van der Waals surface area (Å²) in [4.78, 5) is 27.5. The molecule has 0 aliphatic heterocycles. The molecule has 208 valence electrons. The molecule has 0 aromatic heterocycles. The van der Waals surface area contributed by atoms with E-state index in [1.807, 2.05) is 0 Å². The molecular formula is C25H50N2O7S. The Labute approximate surface area is 213 Å². The van der Waals surface area contributed by atoms with Crippen LogP contribution in [0.25, 0.3) is 0 Å². The molecule has 0 saturated heterocycles. The normalized spacial score (nSPS) is 15.9. The van der Waals surface area contributed by atoms with Crippen LogP contribution in [0.15, 0.2) is 12.7 Å². The van der Waals surface area contributed by atoms with E-state index in [1.54, 1.807) is 0 Å². The van der Waals surface area contributed by atoms with Crippen molar-refractivity contribution in [2.24, 2.45) is 5.92 Å². The number of rotatable bonds is 14. The van der Waals surface area contributed by atoms with E-state index in [0.717, 1.165) is 6.42 Å². The van der Waals surface area contributed by atoms with Crippen LogP contribution in [0.2, 0.25) is 0 Å². The van der Waals surface area contributed by atoms with E-state index in [2.05, 4.69) is 62.1 Å². The van der Waals surface area contributed by atoms with Crippen LogP contribution in [0.3, 0.4) is 0 Å². The molecule has 1 rings (SSSR count). The highest BCUT2D eigenvalue weighted by atomic mass is 32.2. The van der Waals surface area contributed by atoms with Crippen LogP contribution in [0.1, 0.15) is 80.1 Å². The Balaban J connectivity index is 0. The smallest absolute Gasteiger partial charge is 0.328 e. The summed E-state index contributed by atoms with van der Waals surface area (Å²) >= 11 is 0. The van der Waals surface area contributed by atoms with E-state index < -0.39 is 39.1 Å². The molecule has 2 N–H and O–H groups in total. The SMILES string of the molecule is C=CCOS(=O)(=O)C(CC(=O)O)(C(=O)O)C1CCCCC1.CCN(CC)CC.CCN(CC)CC. The van der Waals surface area contributed by atoms with Gasteiger partial charge in [0.15, 0.2) is 0 Å². The van der Waals surface area contributed by atoms with Gasteiger partial charge >= 0.3 is 11.9 Å². The Morgan fingerprint density at radius 2 is 1.29 bits per heavy atom. The lowest BCUT2D eigenvalue weighted by Gasteiger charge is -2.36. The Bertz CT molecular complexity index is 663. The highest BCUT2D eigenvalue weighted by Crippen LogP contribution is 2.41. The van der Waals surface area contributed by atoms with Crippen molar-refractivity contribution < 1.29 is 32.4 Å². The number of carbonyl (C=O) groups is 2. The van der Waals surface area contributed by atoms with E-state index in [1.165, 1.54) is 45.3 Å². The zero-order valence-corrected chi connectivity index (χ0v) is 23.6. The molecule has 1 atom stereocenters. The lowest BCUT2D eigenvalue weighted by Crippen LogP contribution is -2.55. The fourth-order valence-electron chi connectivity index (χ4n) is 4.17. The molecule has 1 aliphatic carbocycles. The van der Waals surface area contributed by atoms with Crippen molar-refractivity contribution in [2.45, 2.75) is 84.8 Å². The van der Waals surface area contributed by atoms with Crippen LogP contribution in [0, 0.1) is 5.92 Å². The predicted molar refractivity (Wildman–Crippen MR) is 141 cm³/mol. The third-order valence-electron chi connectivity index (χ3n) is 6.51. The number of aliphatic carboxylic acids is 2. The summed E-state index contributed by atoms with van der Waals surface area (Å²) in [7, 11) is -4.59. The van der Waals surface area contributed by atoms with Crippen molar-refractivity contribution in [2.75, 3.05) is 45.9 Å². The first-order valence-electron chi connectivity index (χ1n) is 12.9. The Hall–Kier alpha value is -1.49. The maximum atomic E-state index is 12.4. The minimum absolute atomic E-state index is 0.357. The maximum absolute atomic E-state index is 12.4. The average Bonchev–Trinajstić information content (AvgIpc) is 2.84. The zero-order valence-electron chi connectivity index (χ0n) is 22.8. The third kappa shape index (κ3) is 12.3. The van der Waals surface area contributed by atoms with Crippen molar-refractivity contribution in [3.8, 4) is 0 Å². The van der Waals surface area contributed by atoms with Gasteiger partial charge in [0.1, 0.15) is 0 Å². The van der Waals surface area contributed by atoms with E-state index in [4.69, 9.17) is 5.11 Å². The van der Waals surface area contributed by atoms with Crippen LogP contribution in [-0.2, 0) is 23.9 Å². The first-order valence-corrected chi connectivity index (χ1v) is 14.3. The van der Waals surface area contributed by atoms with E-state index in [0.29, 0.717) is 25.7 Å². The van der Waals surface area contributed by atoms with Crippen molar-refractivity contribution >= 4 is 22.1 Å². The van der Waals surface area contributed by atoms with Gasteiger partial charge in [0.05, 0.1) is 13.0 Å². The summed E-state index contributed by atoms with van der Waals surface area (Å²) in [6.07, 6.45) is 3.12. The molecule has 1 fully saturated rings. The molecule has 0 aromatic carbocycles. The second-order valence-corrected chi connectivity index (χ2v) is 10.2. The molecule has 0 amide bonds. The highest BCUT2D eigenvalue weighted by molar-refractivity contribution is 7.89. The molecule has 1 saturated carbocycles. The van der Waals surface area contributed by atoms with Gasteiger partial charge in [-0.3, -0.25) is 13.8 Å². The van der Waals surface area contributed by atoms with Crippen LogP contribution < -0.4 is 0 Å². The zero-order chi connectivity index (χ0) is 27.5. The van der Waals surface area contributed by atoms with E-state index in [-0.39, 0.29) is 6.61 Å². The summed E-state index contributed by atoms with van der Waals surface area (Å²) in [6.45, 7) is 23.2. The molecule has 1 aliphatic rings. The molecule has 1 unspecified atom stereocenters. The van der Waals surface area contributed by atoms with Gasteiger partial charge in [0, 0.05) is 0 Å². The van der Waals surface area contributed by atoms with Crippen molar-refractivity contribution in [1.82, 2.24) is 9.80 Å². The number of hydrogen-bond donors (Lipinski definition) is 2. The van der Waals surface area contributed by atoms with Crippen LogP contribution >= 0.6 is 0 Å². The van der Waals surface area contributed by atoms with Crippen molar-refractivity contribution in [3.63, 3.8) is 0 Å². The number of nitrogens with zero attached hydrogens (tertiary/aromatic N) is 2. The van der Waals surface area contributed by atoms with Gasteiger partial charge in [-0.1, -0.05) is 66.9 Å². The minimum atomic E-state index is -4.59. The predicted octanol–water partition coefficient (Wildman–Crippen LogP) is 4.09. The molecule has 0 bridgehead atoms. The van der Waals surface area contributed by atoms with Crippen LogP contribution in [0.5, 0.6) is 0 Å². The molecule has 0 radical (unpaired) electrons. The summed E-state index contributed by atoms with van der Waals surface area (Å²) < 4.78 is 27.0. The number of hydrogen-bond acceptors (Lipinski definition) is 7. The molecule has 0 heterocycles.